The van der Waals surface area contributed by atoms with Crippen LogP contribution < -0.4 is 11.1 Å². The van der Waals surface area contributed by atoms with E-state index in [1.165, 1.54) is 0 Å². The van der Waals surface area contributed by atoms with E-state index < -0.39 is 11.4 Å². The summed E-state index contributed by atoms with van der Waals surface area (Å²) in [7, 11) is 0. The summed E-state index contributed by atoms with van der Waals surface area (Å²) in [5.41, 5.74) is 6.37. The molecule has 0 aliphatic heterocycles. The van der Waals surface area contributed by atoms with Crippen LogP contribution in [-0.4, -0.2) is 16.5 Å². The molecule has 0 radical (unpaired) electrons. The van der Waals surface area contributed by atoms with Gasteiger partial charge in [0.25, 0.3) is 0 Å². The first kappa shape index (κ1) is 12.4. The number of aromatic nitrogens is 2. The quantitative estimate of drug-likeness (QED) is 0.864. The van der Waals surface area contributed by atoms with Gasteiger partial charge in [0.1, 0.15) is 0 Å². The first-order chi connectivity index (χ1) is 8.64. The molecule has 0 saturated heterocycles. The SMILES string of the molecule is CC(CN)(Nc1ncc(F)cn1)c1ccccc1. The Morgan fingerprint density at radius 3 is 2.39 bits per heavy atom. The van der Waals surface area contributed by atoms with E-state index in [4.69, 9.17) is 5.73 Å². The van der Waals surface area contributed by atoms with Crippen molar-refractivity contribution < 1.29 is 4.39 Å². The summed E-state index contributed by atoms with van der Waals surface area (Å²) in [6.07, 6.45) is 2.24. The fourth-order valence-corrected chi connectivity index (χ4v) is 1.67. The van der Waals surface area contributed by atoms with Crippen LogP contribution in [0.2, 0.25) is 0 Å². The monoisotopic (exact) mass is 246 g/mol. The van der Waals surface area contributed by atoms with Crippen LogP contribution in [0.15, 0.2) is 42.7 Å². The minimum Gasteiger partial charge on any atom is -0.344 e. The number of anilines is 1. The van der Waals surface area contributed by atoms with Gasteiger partial charge in [-0.2, -0.15) is 0 Å². The summed E-state index contributed by atoms with van der Waals surface area (Å²) in [4.78, 5) is 7.77. The van der Waals surface area contributed by atoms with E-state index in [1.807, 2.05) is 37.3 Å². The topological polar surface area (TPSA) is 63.8 Å². The van der Waals surface area contributed by atoms with Crippen molar-refractivity contribution in [3.05, 3.63) is 54.1 Å². The van der Waals surface area contributed by atoms with Crippen LogP contribution in [0, 0.1) is 5.82 Å². The molecule has 2 rings (SSSR count). The molecule has 18 heavy (non-hydrogen) atoms. The lowest BCUT2D eigenvalue weighted by molar-refractivity contribution is 0.548. The number of benzene rings is 1. The minimum atomic E-state index is -0.487. The predicted molar refractivity (Wildman–Crippen MR) is 68.5 cm³/mol. The molecule has 1 heterocycles. The molecule has 0 saturated carbocycles. The molecule has 0 aliphatic rings. The zero-order valence-corrected chi connectivity index (χ0v) is 10.1. The Balaban J connectivity index is 2.26. The normalized spacial score (nSPS) is 13.9. The first-order valence-electron chi connectivity index (χ1n) is 5.65. The molecule has 0 amide bonds. The van der Waals surface area contributed by atoms with Gasteiger partial charge in [-0.1, -0.05) is 30.3 Å². The zero-order chi connectivity index (χ0) is 13.0. The second kappa shape index (κ2) is 5.10. The highest BCUT2D eigenvalue weighted by Gasteiger charge is 2.25. The van der Waals surface area contributed by atoms with Crippen LogP contribution in [0.5, 0.6) is 0 Å². The molecule has 2 aromatic rings. The standard InChI is InChI=1S/C13H15FN4/c1-13(9-15,10-5-3-2-4-6-10)18-12-16-7-11(14)8-17-12/h2-8H,9,15H2,1H3,(H,16,17,18). The number of rotatable bonds is 4. The third-order valence-electron chi connectivity index (χ3n) is 2.83. The van der Waals surface area contributed by atoms with Crippen molar-refractivity contribution in [1.29, 1.82) is 0 Å². The van der Waals surface area contributed by atoms with Crippen LogP contribution in [-0.2, 0) is 5.54 Å². The molecule has 0 bridgehead atoms. The summed E-state index contributed by atoms with van der Waals surface area (Å²) in [5, 5.41) is 3.13. The van der Waals surface area contributed by atoms with Crippen LogP contribution in [0.4, 0.5) is 10.3 Å². The number of hydrogen-bond acceptors (Lipinski definition) is 4. The maximum atomic E-state index is 12.7. The summed E-state index contributed by atoms with van der Waals surface area (Å²) >= 11 is 0. The van der Waals surface area contributed by atoms with Gasteiger partial charge in [-0.3, -0.25) is 0 Å². The van der Waals surface area contributed by atoms with Crippen LogP contribution >= 0.6 is 0 Å². The van der Waals surface area contributed by atoms with E-state index in [0.717, 1.165) is 18.0 Å². The van der Waals surface area contributed by atoms with Gasteiger partial charge >= 0.3 is 0 Å². The van der Waals surface area contributed by atoms with Crippen molar-refractivity contribution in [2.45, 2.75) is 12.5 Å². The van der Waals surface area contributed by atoms with E-state index in [2.05, 4.69) is 15.3 Å². The van der Waals surface area contributed by atoms with Gasteiger partial charge in [-0.05, 0) is 12.5 Å². The third kappa shape index (κ3) is 2.62. The lowest BCUT2D eigenvalue weighted by Gasteiger charge is -2.29. The molecule has 1 unspecified atom stereocenters. The van der Waals surface area contributed by atoms with Crippen molar-refractivity contribution in [2.24, 2.45) is 5.73 Å². The van der Waals surface area contributed by atoms with Gasteiger partial charge in [-0.15, -0.1) is 0 Å². The predicted octanol–water partition coefficient (Wildman–Crippen LogP) is 1.90. The Kier molecular flexibility index (Phi) is 3.53. The average molecular weight is 246 g/mol. The van der Waals surface area contributed by atoms with E-state index in [0.29, 0.717) is 12.5 Å². The number of nitrogens with one attached hydrogen (secondary N) is 1. The molecular weight excluding hydrogens is 231 g/mol. The molecule has 94 valence electrons. The Morgan fingerprint density at radius 2 is 1.83 bits per heavy atom. The largest absolute Gasteiger partial charge is 0.344 e. The lowest BCUT2D eigenvalue weighted by atomic mass is 9.92. The molecule has 1 aromatic heterocycles. The number of nitrogens with zero attached hydrogens (tertiary/aromatic N) is 2. The summed E-state index contributed by atoms with van der Waals surface area (Å²) in [6.45, 7) is 2.33. The molecule has 0 fully saturated rings. The highest BCUT2D eigenvalue weighted by atomic mass is 19.1. The van der Waals surface area contributed by atoms with Gasteiger partial charge in [0.2, 0.25) is 5.95 Å². The van der Waals surface area contributed by atoms with Crippen LogP contribution in [0.25, 0.3) is 0 Å². The molecule has 1 aromatic carbocycles. The Labute approximate surface area is 105 Å². The van der Waals surface area contributed by atoms with E-state index in [1.54, 1.807) is 0 Å². The van der Waals surface area contributed by atoms with E-state index >= 15 is 0 Å². The molecule has 1 atom stereocenters. The average Bonchev–Trinajstić information content (AvgIpc) is 2.42. The molecule has 3 N–H and O–H groups in total. The van der Waals surface area contributed by atoms with Gasteiger partial charge in [0, 0.05) is 6.54 Å². The van der Waals surface area contributed by atoms with E-state index in [-0.39, 0.29) is 0 Å². The molecule has 4 nitrogen and oxygen atoms in total. The summed E-state index contributed by atoms with van der Waals surface area (Å²) in [6, 6.07) is 9.77. The molecule has 5 heteroatoms. The Morgan fingerprint density at radius 1 is 1.22 bits per heavy atom. The molecule has 0 aliphatic carbocycles. The van der Waals surface area contributed by atoms with Crippen LogP contribution in [0.1, 0.15) is 12.5 Å². The summed E-state index contributed by atoms with van der Waals surface area (Å²) < 4.78 is 12.7. The van der Waals surface area contributed by atoms with Gasteiger partial charge in [0.05, 0.1) is 17.9 Å². The van der Waals surface area contributed by atoms with Crippen LogP contribution in [0.3, 0.4) is 0 Å². The first-order valence-corrected chi connectivity index (χ1v) is 5.65. The van der Waals surface area contributed by atoms with Crippen molar-refractivity contribution in [3.63, 3.8) is 0 Å². The minimum absolute atomic E-state index is 0.355. The zero-order valence-electron chi connectivity index (χ0n) is 10.1. The van der Waals surface area contributed by atoms with Crippen molar-refractivity contribution in [1.82, 2.24) is 9.97 Å². The highest BCUT2D eigenvalue weighted by molar-refractivity contribution is 5.36. The second-order valence-corrected chi connectivity index (χ2v) is 4.25. The maximum absolute atomic E-state index is 12.7. The second-order valence-electron chi connectivity index (χ2n) is 4.25. The maximum Gasteiger partial charge on any atom is 0.223 e. The summed E-state index contributed by atoms with van der Waals surface area (Å²) in [5.74, 6) is -0.108. The van der Waals surface area contributed by atoms with Crippen molar-refractivity contribution >= 4 is 5.95 Å². The third-order valence-corrected chi connectivity index (χ3v) is 2.83. The number of halogens is 1. The van der Waals surface area contributed by atoms with Crippen molar-refractivity contribution in [2.75, 3.05) is 11.9 Å². The molecule has 0 spiro atoms. The Bertz CT molecular complexity index is 500. The van der Waals surface area contributed by atoms with Gasteiger partial charge in [-0.25, -0.2) is 14.4 Å². The van der Waals surface area contributed by atoms with Gasteiger partial charge < -0.3 is 11.1 Å². The highest BCUT2D eigenvalue weighted by Crippen LogP contribution is 2.23. The fraction of sp³-hybridized carbons (Fsp3) is 0.231. The van der Waals surface area contributed by atoms with E-state index in [9.17, 15) is 4.39 Å². The Hall–Kier alpha value is -2.01. The fourth-order valence-electron chi connectivity index (χ4n) is 1.67. The van der Waals surface area contributed by atoms with Gasteiger partial charge in [0.15, 0.2) is 5.82 Å². The lowest BCUT2D eigenvalue weighted by Crippen LogP contribution is -2.40. The number of nitrogens with two attached hydrogens (primary N) is 1. The molecular formula is C13H15FN4. The van der Waals surface area contributed by atoms with Crippen molar-refractivity contribution in [3.8, 4) is 0 Å². The smallest absolute Gasteiger partial charge is 0.223 e. The number of hydrogen-bond donors (Lipinski definition) is 2.